The molecule has 0 radical (unpaired) electrons. The van der Waals surface area contributed by atoms with Crippen molar-refractivity contribution in [3.63, 3.8) is 0 Å². The minimum Gasteiger partial charge on any atom is -0.295 e. The van der Waals surface area contributed by atoms with Crippen molar-refractivity contribution in [3.05, 3.63) is 46.1 Å². The van der Waals surface area contributed by atoms with E-state index < -0.39 is 0 Å². The van der Waals surface area contributed by atoms with Crippen LogP contribution in [0, 0.1) is 0 Å². The van der Waals surface area contributed by atoms with Crippen LogP contribution in [0.2, 0.25) is 5.02 Å². The summed E-state index contributed by atoms with van der Waals surface area (Å²) in [4.78, 5) is 12.2. The molecule has 2 aromatic heterocycles. The van der Waals surface area contributed by atoms with E-state index in [4.69, 9.17) is 11.6 Å². The van der Waals surface area contributed by atoms with Crippen molar-refractivity contribution in [2.45, 2.75) is 13.3 Å². The number of amides is 1. The number of hydrogen-bond acceptors (Lipinski definition) is 5. The molecule has 0 aliphatic carbocycles. The van der Waals surface area contributed by atoms with Crippen molar-refractivity contribution in [2.24, 2.45) is 0 Å². The Morgan fingerprint density at radius 3 is 2.91 bits per heavy atom. The van der Waals surface area contributed by atoms with Crippen LogP contribution in [0.15, 0.2) is 30.3 Å². The summed E-state index contributed by atoms with van der Waals surface area (Å²) >= 11 is 7.48. The number of hydrogen-bond donors (Lipinski definition) is 2. The molecule has 2 N–H and O–H groups in total. The van der Waals surface area contributed by atoms with Gasteiger partial charge in [0.2, 0.25) is 5.13 Å². The van der Waals surface area contributed by atoms with Crippen LogP contribution in [0.5, 0.6) is 0 Å². The summed E-state index contributed by atoms with van der Waals surface area (Å²) in [5.41, 5.74) is 1.72. The molecular formula is C14H12ClN5OS. The highest BCUT2D eigenvalue weighted by Gasteiger charge is 2.14. The minimum absolute atomic E-state index is 0.315. The maximum atomic E-state index is 12.2. The maximum absolute atomic E-state index is 12.2. The normalized spacial score (nSPS) is 10.6. The van der Waals surface area contributed by atoms with E-state index in [9.17, 15) is 4.79 Å². The van der Waals surface area contributed by atoms with Crippen molar-refractivity contribution in [1.82, 2.24) is 20.4 Å². The molecule has 6 nitrogen and oxygen atoms in total. The van der Waals surface area contributed by atoms with Gasteiger partial charge >= 0.3 is 0 Å². The fourth-order valence-electron chi connectivity index (χ4n) is 1.86. The van der Waals surface area contributed by atoms with E-state index in [-0.39, 0.29) is 5.91 Å². The van der Waals surface area contributed by atoms with Crippen LogP contribution in [-0.4, -0.2) is 26.3 Å². The third kappa shape index (κ3) is 3.00. The summed E-state index contributed by atoms with van der Waals surface area (Å²) < 4.78 is 0. The number of H-pyrrole nitrogens is 1. The van der Waals surface area contributed by atoms with Crippen molar-refractivity contribution >= 4 is 34.0 Å². The molecule has 0 bridgehead atoms. The first kappa shape index (κ1) is 14.7. The predicted molar refractivity (Wildman–Crippen MR) is 86.3 cm³/mol. The first-order valence-corrected chi connectivity index (χ1v) is 7.81. The van der Waals surface area contributed by atoms with Gasteiger partial charge in [0.05, 0.1) is 10.7 Å². The summed E-state index contributed by atoms with van der Waals surface area (Å²) in [6.07, 6.45) is 0.786. The van der Waals surface area contributed by atoms with Gasteiger partial charge in [-0.2, -0.15) is 5.10 Å². The minimum atomic E-state index is -0.315. The molecule has 8 heteroatoms. The largest absolute Gasteiger partial charge is 0.295 e. The summed E-state index contributed by atoms with van der Waals surface area (Å²) in [5.74, 6) is -0.315. The third-order valence-corrected chi connectivity index (χ3v) is 4.27. The average molecular weight is 334 g/mol. The second-order valence-electron chi connectivity index (χ2n) is 4.46. The highest BCUT2D eigenvalue weighted by molar-refractivity contribution is 7.15. The summed E-state index contributed by atoms with van der Waals surface area (Å²) in [6.45, 7) is 1.98. The number of nitrogens with zero attached hydrogens (tertiary/aromatic N) is 3. The Labute approximate surface area is 135 Å². The van der Waals surface area contributed by atoms with Gasteiger partial charge in [-0.1, -0.05) is 48.1 Å². The molecule has 0 saturated heterocycles. The smallest absolute Gasteiger partial charge is 0.275 e. The molecule has 0 fully saturated rings. The summed E-state index contributed by atoms with van der Waals surface area (Å²) in [7, 11) is 0. The lowest BCUT2D eigenvalue weighted by molar-refractivity contribution is 0.102. The van der Waals surface area contributed by atoms with Crippen LogP contribution in [-0.2, 0) is 6.42 Å². The SMILES string of the molecule is CCc1nnc(NC(=O)c2cc(-c3ccccc3Cl)n[nH]2)s1. The molecule has 0 unspecified atom stereocenters. The Bertz CT molecular complexity index is 813. The fourth-order valence-corrected chi connectivity index (χ4v) is 2.76. The highest BCUT2D eigenvalue weighted by atomic mass is 35.5. The average Bonchev–Trinajstić information content (AvgIpc) is 3.16. The zero-order valence-corrected chi connectivity index (χ0v) is 13.2. The number of rotatable bonds is 4. The van der Waals surface area contributed by atoms with Gasteiger partial charge in [-0.3, -0.25) is 15.2 Å². The number of aromatic nitrogens is 4. The van der Waals surface area contributed by atoms with Gasteiger partial charge in [0.1, 0.15) is 10.7 Å². The lowest BCUT2D eigenvalue weighted by Crippen LogP contribution is -2.12. The van der Waals surface area contributed by atoms with Crippen LogP contribution in [0.3, 0.4) is 0 Å². The van der Waals surface area contributed by atoms with E-state index in [0.717, 1.165) is 17.0 Å². The van der Waals surface area contributed by atoms with E-state index in [1.165, 1.54) is 11.3 Å². The molecule has 3 aromatic rings. The first-order chi connectivity index (χ1) is 10.7. The van der Waals surface area contributed by atoms with Crippen LogP contribution in [0.25, 0.3) is 11.3 Å². The number of nitrogens with one attached hydrogen (secondary N) is 2. The fraction of sp³-hybridized carbons (Fsp3) is 0.143. The molecule has 1 aromatic carbocycles. The van der Waals surface area contributed by atoms with Gasteiger partial charge < -0.3 is 0 Å². The van der Waals surface area contributed by atoms with E-state index >= 15 is 0 Å². The highest BCUT2D eigenvalue weighted by Crippen LogP contribution is 2.26. The molecule has 2 heterocycles. The number of carbonyl (C=O) groups excluding carboxylic acids is 1. The van der Waals surface area contributed by atoms with Gasteiger partial charge in [-0.15, -0.1) is 10.2 Å². The maximum Gasteiger partial charge on any atom is 0.275 e. The second-order valence-corrected chi connectivity index (χ2v) is 5.92. The van der Waals surface area contributed by atoms with Gasteiger partial charge in [0, 0.05) is 5.56 Å². The molecule has 3 rings (SSSR count). The second kappa shape index (κ2) is 6.25. The number of aryl methyl sites for hydroxylation is 1. The van der Waals surface area contributed by atoms with Gasteiger partial charge in [0.25, 0.3) is 5.91 Å². The van der Waals surface area contributed by atoms with Crippen molar-refractivity contribution in [2.75, 3.05) is 5.32 Å². The molecule has 0 atom stereocenters. The number of benzene rings is 1. The first-order valence-electron chi connectivity index (χ1n) is 6.61. The topological polar surface area (TPSA) is 83.6 Å². The molecule has 1 amide bonds. The monoisotopic (exact) mass is 333 g/mol. The Balaban J connectivity index is 1.78. The lowest BCUT2D eigenvalue weighted by atomic mass is 10.1. The Morgan fingerprint density at radius 1 is 1.36 bits per heavy atom. The van der Waals surface area contributed by atoms with Crippen LogP contribution < -0.4 is 5.32 Å². The zero-order valence-electron chi connectivity index (χ0n) is 11.6. The zero-order chi connectivity index (χ0) is 15.5. The summed E-state index contributed by atoms with van der Waals surface area (Å²) in [5, 5.41) is 19.3. The third-order valence-electron chi connectivity index (χ3n) is 2.96. The number of aromatic amines is 1. The number of anilines is 1. The van der Waals surface area contributed by atoms with Crippen LogP contribution in [0.1, 0.15) is 22.4 Å². The molecule has 0 saturated carbocycles. The number of carbonyl (C=O) groups is 1. The molecular weight excluding hydrogens is 322 g/mol. The molecule has 0 aliphatic heterocycles. The van der Waals surface area contributed by atoms with Crippen LogP contribution >= 0.6 is 22.9 Å². The molecule has 112 valence electrons. The Hall–Kier alpha value is -2.25. The number of halogens is 1. The molecule has 22 heavy (non-hydrogen) atoms. The van der Waals surface area contributed by atoms with Gasteiger partial charge in [0.15, 0.2) is 0 Å². The van der Waals surface area contributed by atoms with Crippen LogP contribution in [0.4, 0.5) is 5.13 Å². The lowest BCUT2D eigenvalue weighted by Gasteiger charge is -1.98. The van der Waals surface area contributed by atoms with E-state index in [1.807, 2.05) is 25.1 Å². The molecule has 0 spiro atoms. The van der Waals surface area contributed by atoms with Crippen molar-refractivity contribution in [3.8, 4) is 11.3 Å². The standard InChI is InChI=1S/C14H12ClN5OS/c1-2-12-19-20-14(22-12)16-13(21)11-7-10(17-18-11)8-5-3-4-6-9(8)15/h3-7H,2H2,1H3,(H,17,18)(H,16,20,21). The Morgan fingerprint density at radius 2 is 2.18 bits per heavy atom. The van der Waals surface area contributed by atoms with Gasteiger partial charge in [-0.05, 0) is 18.6 Å². The summed E-state index contributed by atoms with van der Waals surface area (Å²) in [6, 6.07) is 8.98. The van der Waals surface area contributed by atoms with Crippen molar-refractivity contribution in [1.29, 1.82) is 0 Å². The molecule has 0 aliphatic rings. The van der Waals surface area contributed by atoms with Gasteiger partial charge in [-0.25, -0.2) is 0 Å². The van der Waals surface area contributed by atoms with E-state index in [2.05, 4.69) is 25.7 Å². The predicted octanol–water partition coefficient (Wildman–Crippen LogP) is 3.40. The van der Waals surface area contributed by atoms with E-state index in [1.54, 1.807) is 12.1 Å². The Kier molecular flexibility index (Phi) is 4.17. The quantitative estimate of drug-likeness (QED) is 0.766. The van der Waals surface area contributed by atoms with E-state index in [0.29, 0.717) is 21.5 Å². The van der Waals surface area contributed by atoms with Crippen molar-refractivity contribution < 1.29 is 4.79 Å².